The number of urea groups is 1. The van der Waals surface area contributed by atoms with Crippen LogP contribution in [-0.4, -0.2) is 101 Å². The van der Waals surface area contributed by atoms with E-state index >= 15 is 0 Å². The first-order chi connectivity index (χ1) is 12.2. The SMILES string of the molecule is O=C1CC[C@H](C(=O)NNC(=O)[C@@H]2CC[C@@H]3CN2C(=O)N3OS(=O)(=O)O)N1.[Na]. The zero-order valence-corrected chi connectivity index (χ0v) is 17.2. The van der Waals surface area contributed by atoms with Crippen LogP contribution in [0.15, 0.2) is 0 Å². The van der Waals surface area contributed by atoms with Crippen LogP contribution in [0, 0.1) is 0 Å². The first kappa shape index (κ1) is 21.8. The van der Waals surface area contributed by atoms with Crippen molar-refractivity contribution in [1.29, 1.82) is 0 Å². The standard InChI is InChI=1S/C12H17N5O8S.Na/c18-9-4-2-7(13-9)10(19)14-15-11(20)8-3-1-6-5-16(8)12(21)17(6)25-26(22,23)24;/h6-8H,1-5H2,(H,13,18)(H,14,19)(H,15,20)(H,22,23,24);/t6-,7-,8+;/m1./s1. The van der Waals surface area contributed by atoms with Crippen LogP contribution in [0.5, 0.6) is 0 Å². The van der Waals surface area contributed by atoms with E-state index in [4.69, 9.17) is 4.55 Å². The maximum absolute atomic E-state index is 12.3. The molecule has 1 radical (unpaired) electrons. The summed E-state index contributed by atoms with van der Waals surface area (Å²) in [6.45, 7) is 0.0407. The quantitative estimate of drug-likeness (QED) is 0.214. The molecule has 0 aromatic carbocycles. The first-order valence-corrected chi connectivity index (χ1v) is 9.18. The Kier molecular flexibility index (Phi) is 6.70. The Morgan fingerprint density at radius 1 is 1.15 bits per heavy atom. The molecule has 3 aliphatic heterocycles. The molecule has 0 aromatic rings. The van der Waals surface area contributed by atoms with Gasteiger partial charge in [-0.05, 0) is 19.3 Å². The van der Waals surface area contributed by atoms with E-state index in [9.17, 15) is 27.6 Å². The average molecular weight is 414 g/mol. The van der Waals surface area contributed by atoms with Gasteiger partial charge in [0.25, 0.3) is 11.8 Å². The minimum absolute atomic E-state index is 0. The van der Waals surface area contributed by atoms with Crippen molar-refractivity contribution < 1.29 is 36.4 Å². The van der Waals surface area contributed by atoms with Gasteiger partial charge in [0.2, 0.25) is 5.91 Å². The Hall–Kier alpha value is -1.45. The van der Waals surface area contributed by atoms with Crippen LogP contribution >= 0.6 is 0 Å². The van der Waals surface area contributed by atoms with Crippen molar-refractivity contribution in [3.8, 4) is 0 Å². The van der Waals surface area contributed by atoms with Crippen LogP contribution in [0.25, 0.3) is 0 Å². The van der Waals surface area contributed by atoms with Crippen molar-refractivity contribution in [3.63, 3.8) is 0 Å². The van der Waals surface area contributed by atoms with Crippen LogP contribution in [0.2, 0.25) is 0 Å². The molecule has 0 aliphatic carbocycles. The maximum Gasteiger partial charge on any atom is 0.418 e. The van der Waals surface area contributed by atoms with E-state index in [2.05, 4.69) is 20.5 Å². The molecular formula is C12H17N5NaO8S. The van der Waals surface area contributed by atoms with Crippen LogP contribution < -0.4 is 16.2 Å². The summed E-state index contributed by atoms with van der Waals surface area (Å²) >= 11 is 0. The first-order valence-electron chi connectivity index (χ1n) is 7.81. The van der Waals surface area contributed by atoms with E-state index in [1.54, 1.807) is 0 Å². The number of carbonyl (C=O) groups is 4. The second-order valence-corrected chi connectivity index (χ2v) is 7.15. The fourth-order valence-electron chi connectivity index (χ4n) is 3.21. The molecule has 145 valence electrons. The number of hydrogen-bond donors (Lipinski definition) is 4. The summed E-state index contributed by atoms with van der Waals surface area (Å²) in [6.07, 6.45) is 1.02. The second kappa shape index (κ2) is 8.28. The maximum atomic E-state index is 12.3. The summed E-state index contributed by atoms with van der Waals surface area (Å²) in [5.41, 5.74) is 4.39. The third-order valence-electron chi connectivity index (χ3n) is 4.42. The van der Waals surface area contributed by atoms with Gasteiger partial charge in [-0.2, -0.15) is 13.5 Å². The number of carbonyl (C=O) groups excluding carboxylic acids is 4. The number of amides is 5. The monoisotopic (exact) mass is 414 g/mol. The molecule has 3 saturated heterocycles. The summed E-state index contributed by atoms with van der Waals surface area (Å²) in [4.78, 5) is 48.5. The number of nitrogens with zero attached hydrogens (tertiary/aromatic N) is 2. The van der Waals surface area contributed by atoms with Crippen molar-refractivity contribution in [2.45, 2.75) is 43.8 Å². The van der Waals surface area contributed by atoms with Gasteiger partial charge in [-0.15, -0.1) is 4.28 Å². The Labute approximate surface area is 176 Å². The molecule has 13 nitrogen and oxygen atoms in total. The molecule has 3 heterocycles. The zero-order valence-electron chi connectivity index (χ0n) is 14.4. The van der Waals surface area contributed by atoms with Crippen LogP contribution in [0.1, 0.15) is 25.7 Å². The van der Waals surface area contributed by atoms with Crippen molar-refractivity contribution in [2.24, 2.45) is 0 Å². The molecule has 15 heteroatoms. The van der Waals surface area contributed by atoms with Gasteiger partial charge >= 0.3 is 16.4 Å². The Bertz CT molecular complexity index is 761. The molecule has 3 fully saturated rings. The van der Waals surface area contributed by atoms with Crippen molar-refractivity contribution >= 4 is 63.7 Å². The van der Waals surface area contributed by atoms with E-state index in [1.807, 2.05) is 0 Å². The van der Waals surface area contributed by atoms with Gasteiger partial charge in [-0.25, -0.2) is 4.79 Å². The van der Waals surface area contributed by atoms with Crippen LogP contribution in [-0.2, 0) is 29.1 Å². The molecule has 2 bridgehead atoms. The number of hydroxylamine groups is 2. The van der Waals surface area contributed by atoms with E-state index in [0.717, 1.165) is 4.90 Å². The van der Waals surface area contributed by atoms with Crippen LogP contribution in [0.4, 0.5) is 4.79 Å². The average Bonchev–Trinajstić information content (AvgIpc) is 3.09. The largest absolute Gasteiger partial charge is 0.418 e. The van der Waals surface area contributed by atoms with Gasteiger partial charge < -0.3 is 10.2 Å². The normalized spacial score (nSPS) is 27.1. The molecular weight excluding hydrogens is 397 g/mol. The molecule has 0 spiro atoms. The van der Waals surface area contributed by atoms with Crippen molar-refractivity contribution in [3.05, 3.63) is 0 Å². The summed E-state index contributed by atoms with van der Waals surface area (Å²) in [5.74, 6) is -1.50. The van der Waals surface area contributed by atoms with Crippen LogP contribution in [0.3, 0.4) is 0 Å². The molecule has 3 rings (SSSR count). The second-order valence-electron chi connectivity index (χ2n) is 6.15. The number of piperidine rings is 1. The Morgan fingerprint density at radius 3 is 2.41 bits per heavy atom. The van der Waals surface area contributed by atoms with Gasteiger partial charge in [0.15, 0.2) is 0 Å². The molecule has 0 aromatic heterocycles. The molecule has 5 amide bonds. The number of nitrogens with one attached hydrogen (secondary N) is 3. The summed E-state index contributed by atoms with van der Waals surface area (Å²) < 4.78 is 34.7. The van der Waals surface area contributed by atoms with E-state index in [1.165, 1.54) is 0 Å². The number of fused-ring (bicyclic) bond motifs is 2. The minimum atomic E-state index is -4.87. The van der Waals surface area contributed by atoms with Gasteiger partial charge in [0.1, 0.15) is 12.1 Å². The topological polar surface area (TPSA) is 174 Å². The Morgan fingerprint density at radius 2 is 1.81 bits per heavy atom. The molecule has 0 saturated carbocycles. The predicted octanol–water partition coefficient (Wildman–Crippen LogP) is -2.97. The molecule has 3 atom stereocenters. The number of hydrogen-bond acceptors (Lipinski definition) is 7. The smallest absolute Gasteiger partial charge is 0.344 e. The number of rotatable bonds is 4. The minimum Gasteiger partial charge on any atom is -0.344 e. The molecule has 27 heavy (non-hydrogen) atoms. The van der Waals surface area contributed by atoms with E-state index in [-0.39, 0.29) is 61.3 Å². The van der Waals surface area contributed by atoms with Gasteiger partial charge in [0, 0.05) is 42.5 Å². The fraction of sp³-hybridized carbons (Fsp3) is 0.667. The molecule has 4 N–H and O–H groups in total. The van der Waals surface area contributed by atoms with Gasteiger partial charge in [0.05, 0.1) is 6.04 Å². The van der Waals surface area contributed by atoms with E-state index in [0.29, 0.717) is 11.5 Å². The summed E-state index contributed by atoms with van der Waals surface area (Å²) in [5, 5.41) is 2.97. The number of hydrazine groups is 1. The van der Waals surface area contributed by atoms with E-state index < -0.39 is 46.4 Å². The molecule has 3 aliphatic rings. The summed E-state index contributed by atoms with van der Waals surface area (Å²) in [6, 6.07) is -3.16. The van der Waals surface area contributed by atoms with Crippen molar-refractivity contribution in [1.82, 2.24) is 26.1 Å². The molecule has 0 unspecified atom stereocenters. The Balaban J connectivity index is 0.00000261. The third-order valence-corrected chi connectivity index (χ3v) is 4.77. The fourth-order valence-corrected chi connectivity index (χ4v) is 3.60. The predicted molar refractivity (Wildman–Crippen MR) is 86.6 cm³/mol. The third kappa shape index (κ3) is 4.89. The van der Waals surface area contributed by atoms with Crippen molar-refractivity contribution in [2.75, 3.05) is 6.54 Å². The summed E-state index contributed by atoms with van der Waals surface area (Å²) in [7, 11) is -4.87. The van der Waals surface area contributed by atoms with Gasteiger partial charge in [-0.1, -0.05) is 0 Å². The zero-order chi connectivity index (χ0) is 19.1. The van der Waals surface area contributed by atoms with Gasteiger partial charge in [-0.3, -0.25) is 29.8 Å².